The summed E-state index contributed by atoms with van der Waals surface area (Å²) in [6.45, 7) is 5.77. The molecule has 2 atom stereocenters. The largest absolute Gasteiger partial charge is 0.299 e. The molecule has 1 fully saturated rings. The highest BCUT2D eigenvalue weighted by Crippen LogP contribution is 2.33. The standard InChI is InChI=1S/C13H18O/c1-3-5-6-8-12-11(7-4-2)9-10-13(12)14/h4,11-12H,2-3,7-10H2,1H3/t11-,12+/m1/s1. The van der Waals surface area contributed by atoms with Crippen LogP contribution in [0, 0.1) is 23.7 Å². The van der Waals surface area contributed by atoms with E-state index in [-0.39, 0.29) is 5.92 Å². The van der Waals surface area contributed by atoms with Crippen molar-refractivity contribution in [1.82, 2.24) is 0 Å². The van der Waals surface area contributed by atoms with E-state index in [9.17, 15) is 4.79 Å². The number of ketones is 1. The lowest BCUT2D eigenvalue weighted by Gasteiger charge is -2.13. The summed E-state index contributed by atoms with van der Waals surface area (Å²) in [5.41, 5.74) is 0. The average molecular weight is 190 g/mol. The summed E-state index contributed by atoms with van der Waals surface area (Å²) in [5, 5.41) is 0. The van der Waals surface area contributed by atoms with Crippen molar-refractivity contribution in [3.05, 3.63) is 12.7 Å². The Balaban J connectivity index is 2.53. The van der Waals surface area contributed by atoms with Crippen molar-refractivity contribution in [3.63, 3.8) is 0 Å². The molecular formula is C13H18O. The van der Waals surface area contributed by atoms with Gasteiger partial charge in [-0.3, -0.25) is 4.79 Å². The van der Waals surface area contributed by atoms with Gasteiger partial charge in [0.05, 0.1) is 0 Å². The first-order valence-corrected chi connectivity index (χ1v) is 5.39. The van der Waals surface area contributed by atoms with E-state index >= 15 is 0 Å². The predicted molar refractivity (Wildman–Crippen MR) is 58.7 cm³/mol. The van der Waals surface area contributed by atoms with Crippen LogP contribution < -0.4 is 0 Å². The molecule has 0 bridgehead atoms. The summed E-state index contributed by atoms with van der Waals surface area (Å²) in [7, 11) is 0. The number of carbonyl (C=O) groups excluding carboxylic acids is 1. The zero-order valence-electron chi connectivity index (χ0n) is 8.88. The fourth-order valence-corrected chi connectivity index (χ4v) is 2.06. The highest BCUT2D eigenvalue weighted by Gasteiger charge is 2.32. The van der Waals surface area contributed by atoms with Gasteiger partial charge in [-0.15, -0.1) is 18.4 Å². The van der Waals surface area contributed by atoms with Crippen molar-refractivity contribution in [3.8, 4) is 11.8 Å². The molecule has 0 spiro atoms. The van der Waals surface area contributed by atoms with E-state index in [1.807, 2.05) is 13.0 Å². The van der Waals surface area contributed by atoms with Crippen LogP contribution in [0.2, 0.25) is 0 Å². The zero-order chi connectivity index (χ0) is 10.4. The third-order valence-electron chi connectivity index (χ3n) is 2.84. The van der Waals surface area contributed by atoms with Crippen molar-refractivity contribution >= 4 is 5.78 Å². The van der Waals surface area contributed by atoms with Gasteiger partial charge >= 0.3 is 0 Å². The van der Waals surface area contributed by atoms with Crippen molar-refractivity contribution < 1.29 is 4.79 Å². The lowest BCUT2D eigenvalue weighted by atomic mass is 9.90. The lowest BCUT2D eigenvalue weighted by Crippen LogP contribution is -2.13. The van der Waals surface area contributed by atoms with Crippen LogP contribution in [0.5, 0.6) is 0 Å². The summed E-state index contributed by atoms with van der Waals surface area (Å²) < 4.78 is 0. The summed E-state index contributed by atoms with van der Waals surface area (Å²) in [6, 6.07) is 0. The van der Waals surface area contributed by atoms with Gasteiger partial charge in [-0.05, 0) is 18.8 Å². The molecule has 1 saturated carbocycles. The van der Waals surface area contributed by atoms with Gasteiger partial charge in [0.15, 0.2) is 0 Å². The molecule has 1 aliphatic rings. The maximum absolute atomic E-state index is 11.6. The first-order chi connectivity index (χ1) is 6.79. The van der Waals surface area contributed by atoms with Crippen LogP contribution in [0.1, 0.15) is 39.0 Å². The van der Waals surface area contributed by atoms with Gasteiger partial charge < -0.3 is 0 Å². The predicted octanol–water partition coefficient (Wildman–Crippen LogP) is 2.96. The maximum atomic E-state index is 11.6. The van der Waals surface area contributed by atoms with Gasteiger partial charge in [-0.25, -0.2) is 0 Å². The van der Waals surface area contributed by atoms with Crippen molar-refractivity contribution in [2.24, 2.45) is 11.8 Å². The zero-order valence-corrected chi connectivity index (χ0v) is 8.88. The number of hydrogen-bond donors (Lipinski definition) is 0. The van der Waals surface area contributed by atoms with Gasteiger partial charge in [0.2, 0.25) is 0 Å². The molecule has 0 amide bonds. The van der Waals surface area contributed by atoms with Gasteiger partial charge in [-0.1, -0.05) is 13.0 Å². The second-order valence-corrected chi connectivity index (χ2v) is 3.81. The molecule has 0 aromatic heterocycles. The molecule has 0 N–H and O–H groups in total. The van der Waals surface area contributed by atoms with Crippen molar-refractivity contribution in [1.29, 1.82) is 0 Å². The lowest BCUT2D eigenvalue weighted by molar-refractivity contribution is -0.121. The Morgan fingerprint density at radius 1 is 1.57 bits per heavy atom. The fourth-order valence-electron chi connectivity index (χ4n) is 2.06. The van der Waals surface area contributed by atoms with E-state index in [1.165, 1.54) is 0 Å². The van der Waals surface area contributed by atoms with Crippen LogP contribution >= 0.6 is 0 Å². The van der Waals surface area contributed by atoms with Crippen LogP contribution in [-0.2, 0) is 4.79 Å². The second-order valence-electron chi connectivity index (χ2n) is 3.81. The highest BCUT2D eigenvalue weighted by molar-refractivity contribution is 5.83. The van der Waals surface area contributed by atoms with E-state index in [2.05, 4.69) is 18.4 Å². The number of hydrogen-bond acceptors (Lipinski definition) is 1. The van der Waals surface area contributed by atoms with Crippen LogP contribution in [0.25, 0.3) is 0 Å². The minimum absolute atomic E-state index is 0.187. The van der Waals surface area contributed by atoms with Crippen molar-refractivity contribution in [2.75, 3.05) is 0 Å². The van der Waals surface area contributed by atoms with Gasteiger partial charge in [0.25, 0.3) is 0 Å². The molecule has 0 aromatic rings. The molecule has 1 nitrogen and oxygen atoms in total. The third kappa shape index (κ3) is 2.73. The molecule has 0 unspecified atom stereocenters. The first kappa shape index (κ1) is 11.0. The summed E-state index contributed by atoms with van der Waals surface area (Å²) in [6.07, 6.45) is 6.30. The van der Waals surface area contributed by atoms with Crippen LogP contribution in [0.3, 0.4) is 0 Å². The third-order valence-corrected chi connectivity index (χ3v) is 2.84. The van der Waals surface area contributed by atoms with Gasteiger partial charge in [0.1, 0.15) is 5.78 Å². The Labute approximate surface area is 86.6 Å². The van der Waals surface area contributed by atoms with Crippen LogP contribution in [-0.4, -0.2) is 5.78 Å². The Morgan fingerprint density at radius 3 is 3.00 bits per heavy atom. The summed E-state index contributed by atoms with van der Waals surface area (Å²) in [5.74, 6) is 7.22. The molecule has 14 heavy (non-hydrogen) atoms. The van der Waals surface area contributed by atoms with Crippen molar-refractivity contribution in [2.45, 2.75) is 39.0 Å². The van der Waals surface area contributed by atoms with E-state index in [1.54, 1.807) is 0 Å². The molecular weight excluding hydrogens is 172 g/mol. The molecule has 0 saturated heterocycles. The molecule has 1 aliphatic carbocycles. The van der Waals surface area contributed by atoms with E-state index < -0.39 is 0 Å². The maximum Gasteiger partial charge on any atom is 0.137 e. The molecule has 0 radical (unpaired) electrons. The Morgan fingerprint density at radius 2 is 2.36 bits per heavy atom. The van der Waals surface area contributed by atoms with E-state index in [0.717, 1.165) is 32.1 Å². The monoisotopic (exact) mass is 190 g/mol. The first-order valence-electron chi connectivity index (χ1n) is 5.39. The minimum Gasteiger partial charge on any atom is -0.299 e. The highest BCUT2D eigenvalue weighted by atomic mass is 16.1. The molecule has 0 aliphatic heterocycles. The Bertz CT molecular complexity index is 267. The average Bonchev–Trinajstić information content (AvgIpc) is 2.50. The summed E-state index contributed by atoms with van der Waals surface area (Å²) >= 11 is 0. The summed E-state index contributed by atoms with van der Waals surface area (Å²) in [4.78, 5) is 11.6. The van der Waals surface area contributed by atoms with Gasteiger partial charge in [0, 0.05) is 25.2 Å². The Kier molecular flexibility index (Phi) is 4.46. The van der Waals surface area contributed by atoms with Crippen LogP contribution in [0.15, 0.2) is 12.7 Å². The number of rotatable bonds is 3. The minimum atomic E-state index is 0.187. The number of carbonyl (C=O) groups is 1. The second kappa shape index (κ2) is 5.65. The molecule has 0 aromatic carbocycles. The number of allylic oxidation sites excluding steroid dienone is 1. The molecule has 0 heterocycles. The quantitative estimate of drug-likeness (QED) is 0.494. The molecule has 1 rings (SSSR count). The number of Topliss-reactive ketones (excluding diaryl/α,β-unsaturated/α-hetero) is 1. The molecule has 1 heteroatoms. The van der Waals surface area contributed by atoms with Crippen LogP contribution in [0.4, 0.5) is 0 Å². The SMILES string of the molecule is C=CC[C@@H]1CCC(=O)[C@H]1CC#CCC. The van der Waals surface area contributed by atoms with E-state index in [0.29, 0.717) is 11.7 Å². The topological polar surface area (TPSA) is 17.1 Å². The normalized spacial score (nSPS) is 25.6. The fraction of sp³-hybridized carbons (Fsp3) is 0.615. The van der Waals surface area contributed by atoms with E-state index in [4.69, 9.17) is 0 Å². The Hall–Kier alpha value is -1.03. The van der Waals surface area contributed by atoms with Gasteiger partial charge in [-0.2, -0.15) is 0 Å². The smallest absolute Gasteiger partial charge is 0.137 e. The molecule has 76 valence electrons.